The molecule has 0 radical (unpaired) electrons. The van der Waals surface area contributed by atoms with Gasteiger partial charge in [0, 0.05) is 24.0 Å². The van der Waals surface area contributed by atoms with Crippen molar-refractivity contribution in [3.8, 4) is 0 Å². The van der Waals surface area contributed by atoms with Gasteiger partial charge in [-0.05, 0) is 55.2 Å². The molecule has 3 aromatic carbocycles. The lowest BCUT2D eigenvalue weighted by molar-refractivity contribution is -0.140. The average molecular weight is 615 g/mol. The number of hydrogen-bond donors (Lipinski definition) is 1. The molecule has 0 unspecified atom stereocenters. The van der Waals surface area contributed by atoms with Gasteiger partial charge >= 0.3 is 0 Å². The number of hydrogen-bond acceptors (Lipinski definition) is 4. The van der Waals surface area contributed by atoms with Gasteiger partial charge in [0.25, 0.3) is 0 Å². The van der Waals surface area contributed by atoms with E-state index in [0.717, 1.165) is 43.7 Å². The van der Waals surface area contributed by atoms with E-state index < -0.39 is 28.5 Å². The van der Waals surface area contributed by atoms with Gasteiger partial charge < -0.3 is 10.2 Å². The largest absolute Gasteiger partial charge is 0.354 e. The Morgan fingerprint density at radius 3 is 2.21 bits per heavy atom. The zero-order chi connectivity index (χ0) is 28.6. The quantitative estimate of drug-likeness (QED) is 0.311. The summed E-state index contributed by atoms with van der Waals surface area (Å²) in [6, 6.07) is 21.6. The van der Waals surface area contributed by atoms with Crippen LogP contribution in [0.5, 0.6) is 0 Å². The maximum atomic E-state index is 14.0. The zero-order valence-electron chi connectivity index (χ0n) is 22.9. The van der Waals surface area contributed by atoms with Crippen molar-refractivity contribution in [1.82, 2.24) is 10.2 Å². The molecule has 0 fully saturated rings. The average Bonchev–Trinajstić information content (AvgIpc) is 2.90. The number of halogens is 1. The molecular weight excluding hydrogens is 578 g/mol. The van der Waals surface area contributed by atoms with Crippen molar-refractivity contribution in [2.24, 2.45) is 0 Å². The predicted octanol–water partition coefficient (Wildman–Crippen LogP) is 5.00. The van der Waals surface area contributed by atoms with Gasteiger partial charge in [0.05, 0.1) is 11.9 Å². The minimum atomic E-state index is -3.80. The van der Waals surface area contributed by atoms with Gasteiger partial charge in [-0.25, -0.2) is 8.42 Å². The number of sulfonamides is 1. The Hall–Kier alpha value is -3.17. The Labute approximate surface area is 240 Å². The normalized spacial score (nSPS) is 12.0. The van der Waals surface area contributed by atoms with Gasteiger partial charge in [-0.15, -0.1) is 0 Å². The first kappa shape index (κ1) is 30.4. The highest BCUT2D eigenvalue weighted by atomic mass is 79.9. The third-order valence-corrected chi connectivity index (χ3v) is 8.43. The van der Waals surface area contributed by atoms with Crippen LogP contribution in [0.25, 0.3) is 0 Å². The molecule has 0 saturated carbocycles. The van der Waals surface area contributed by atoms with Crippen LogP contribution < -0.4 is 9.62 Å². The molecule has 0 bridgehead atoms. The first-order valence-electron chi connectivity index (χ1n) is 12.9. The standard InChI is InChI=1S/C30H36BrN3O4S/c1-5-17-32-30(36)28(19-24-9-7-6-8-10-24)33(20-25-13-11-22(2)12-14-25)29(35)21-34(39(4,37)38)26-15-16-27(31)23(3)18-26/h6-16,18,28H,5,17,19-21H2,1-4H3,(H,32,36)/t28-/m0/s1. The number of carbonyl (C=O) groups excluding carboxylic acids is 2. The van der Waals surface area contributed by atoms with Gasteiger partial charge in [0.2, 0.25) is 21.8 Å². The summed E-state index contributed by atoms with van der Waals surface area (Å²) in [5.41, 5.74) is 4.05. The van der Waals surface area contributed by atoms with Crippen LogP contribution in [0, 0.1) is 13.8 Å². The second-order valence-corrected chi connectivity index (χ2v) is 12.5. The molecule has 0 saturated heterocycles. The maximum Gasteiger partial charge on any atom is 0.244 e. The molecule has 0 spiro atoms. The zero-order valence-corrected chi connectivity index (χ0v) is 25.3. The van der Waals surface area contributed by atoms with E-state index in [1.165, 1.54) is 4.90 Å². The molecule has 7 nitrogen and oxygen atoms in total. The van der Waals surface area contributed by atoms with Crippen molar-refractivity contribution in [3.63, 3.8) is 0 Å². The highest BCUT2D eigenvalue weighted by Crippen LogP contribution is 2.25. The number of benzene rings is 3. The molecule has 39 heavy (non-hydrogen) atoms. The summed E-state index contributed by atoms with van der Waals surface area (Å²) < 4.78 is 27.7. The molecule has 0 heterocycles. The lowest BCUT2D eigenvalue weighted by atomic mass is 10.0. The van der Waals surface area contributed by atoms with Crippen LogP contribution in [-0.4, -0.2) is 50.5 Å². The van der Waals surface area contributed by atoms with E-state index in [9.17, 15) is 18.0 Å². The van der Waals surface area contributed by atoms with E-state index >= 15 is 0 Å². The van der Waals surface area contributed by atoms with E-state index in [4.69, 9.17) is 0 Å². The second kappa shape index (κ2) is 13.8. The summed E-state index contributed by atoms with van der Waals surface area (Å²) in [5, 5.41) is 2.94. The van der Waals surface area contributed by atoms with Crippen molar-refractivity contribution in [2.45, 2.75) is 46.2 Å². The first-order valence-corrected chi connectivity index (χ1v) is 15.5. The van der Waals surface area contributed by atoms with Crippen LogP contribution in [-0.2, 0) is 32.6 Å². The van der Waals surface area contributed by atoms with E-state index in [0.29, 0.717) is 18.7 Å². The second-order valence-electron chi connectivity index (χ2n) is 9.71. The van der Waals surface area contributed by atoms with Crippen molar-refractivity contribution in [1.29, 1.82) is 0 Å². The van der Waals surface area contributed by atoms with Gasteiger partial charge in [-0.2, -0.15) is 0 Å². The van der Waals surface area contributed by atoms with E-state index in [1.807, 2.05) is 75.4 Å². The monoisotopic (exact) mass is 613 g/mol. The molecule has 2 amide bonds. The van der Waals surface area contributed by atoms with Crippen molar-refractivity contribution in [3.05, 3.63) is 99.5 Å². The molecule has 3 aromatic rings. The maximum absolute atomic E-state index is 14.0. The van der Waals surface area contributed by atoms with E-state index in [1.54, 1.807) is 18.2 Å². The number of amides is 2. The van der Waals surface area contributed by atoms with Gasteiger partial charge in [-0.1, -0.05) is 83.0 Å². The number of rotatable bonds is 12. The number of nitrogens with one attached hydrogen (secondary N) is 1. The Kier molecular flexibility index (Phi) is 10.7. The number of nitrogens with zero attached hydrogens (tertiary/aromatic N) is 2. The smallest absolute Gasteiger partial charge is 0.244 e. The van der Waals surface area contributed by atoms with E-state index in [-0.39, 0.29) is 12.5 Å². The van der Waals surface area contributed by atoms with Crippen LogP contribution in [0.2, 0.25) is 0 Å². The molecule has 1 atom stereocenters. The Balaban J connectivity index is 2.04. The molecule has 0 aliphatic rings. The fraction of sp³-hybridized carbons (Fsp3) is 0.333. The summed E-state index contributed by atoms with van der Waals surface area (Å²) in [4.78, 5) is 29.0. The summed E-state index contributed by atoms with van der Waals surface area (Å²) in [6.45, 7) is 6.00. The summed E-state index contributed by atoms with van der Waals surface area (Å²) in [5.74, 6) is -0.735. The molecule has 3 rings (SSSR count). The molecule has 208 valence electrons. The summed E-state index contributed by atoms with van der Waals surface area (Å²) in [7, 11) is -3.80. The molecule has 0 aliphatic carbocycles. The summed E-state index contributed by atoms with van der Waals surface area (Å²) >= 11 is 3.44. The van der Waals surface area contributed by atoms with Gasteiger partial charge in [0.1, 0.15) is 12.6 Å². The minimum absolute atomic E-state index is 0.160. The van der Waals surface area contributed by atoms with Crippen LogP contribution >= 0.6 is 15.9 Å². The highest BCUT2D eigenvalue weighted by molar-refractivity contribution is 9.10. The molecule has 1 N–H and O–H groups in total. The van der Waals surface area contributed by atoms with Gasteiger partial charge in [-0.3, -0.25) is 13.9 Å². The highest BCUT2D eigenvalue weighted by Gasteiger charge is 2.33. The predicted molar refractivity (Wildman–Crippen MR) is 160 cm³/mol. The topological polar surface area (TPSA) is 86.8 Å². The van der Waals surface area contributed by atoms with Crippen molar-refractivity contribution >= 4 is 43.5 Å². The fourth-order valence-corrected chi connectivity index (χ4v) is 5.30. The molecule has 0 aliphatic heterocycles. The van der Waals surface area contributed by atoms with Crippen LogP contribution in [0.1, 0.15) is 35.6 Å². The van der Waals surface area contributed by atoms with Gasteiger partial charge in [0.15, 0.2) is 0 Å². The van der Waals surface area contributed by atoms with Crippen molar-refractivity contribution in [2.75, 3.05) is 23.7 Å². The Bertz CT molecular complexity index is 1380. The molecule has 9 heteroatoms. The van der Waals surface area contributed by atoms with Crippen LogP contribution in [0.3, 0.4) is 0 Å². The first-order chi connectivity index (χ1) is 18.5. The Morgan fingerprint density at radius 2 is 1.62 bits per heavy atom. The minimum Gasteiger partial charge on any atom is -0.354 e. The van der Waals surface area contributed by atoms with Crippen molar-refractivity contribution < 1.29 is 18.0 Å². The van der Waals surface area contributed by atoms with Crippen LogP contribution in [0.4, 0.5) is 5.69 Å². The lowest BCUT2D eigenvalue weighted by Gasteiger charge is -2.33. The molecular formula is C30H36BrN3O4S. The lowest BCUT2D eigenvalue weighted by Crippen LogP contribution is -2.53. The third kappa shape index (κ3) is 8.66. The molecule has 0 aromatic heterocycles. The van der Waals surface area contributed by atoms with Crippen LogP contribution in [0.15, 0.2) is 77.3 Å². The van der Waals surface area contributed by atoms with E-state index in [2.05, 4.69) is 21.2 Å². The number of aryl methyl sites for hydroxylation is 2. The Morgan fingerprint density at radius 1 is 0.949 bits per heavy atom. The SMILES string of the molecule is CCCNC(=O)[C@H](Cc1ccccc1)N(Cc1ccc(C)cc1)C(=O)CN(c1ccc(Br)c(C)c1)S(C)(=O)=O. The third-order valence-electron chi connectivity index (χ3n) is 6.40. The number of anilines is 1. The summed E-state index contributed by atoms with van der Waals surface area (Å²) in [6.07, 6.45) is 2.13. The number of carbonyl (C=O) groups is 2. The fourth-order valence-electron chi connectivity index (χ4n) is 4.21.